The minimum Gasteiger partial charge on any atom is -0.398 e. The van der Waals surface area contributed by atoms with Gasteiger partial charge in [-0.05, 0) is 18.6 Å². The second-order valence-corrected chi connectivity index (χ2v) is 5.77. The molecule has 0 aliphatic rings. The molecule has 1 aromatic rings. The van der Waals surface area contributed by atoms with Crippen molar-refractivity contribution in [1.82, 2.24) is 0 Å². The first-order chi connectivity index (χ1) is 7.07. The van der Waals surface area contributed by atoms with Crippen molar-refractivity contribution in [2.45, 2.75) is 36.8 Å². The SMILES string of the molecule is CCCC(C)S(=O)c1c(N)cccc1Cl. The van der Waals surface area contributed by atoms with Crippen molar-refractivity contribution in [3.05, 3.63) is 23.2 Å². The fraction of sp³-hybridized carbons (Fsp3) is 0.455. The molecule has 15 heavy (non-hydrogen) atoms. The van der Waals surface area contributed by atoms with Crippen molar-refractivity contribution in [3.8, 4) is 0 Å². The lowest BCUT2D eigenvalue weighted by Crippen LogP contribution is -2.12. The molecule has 0 aliphatic carbocycles. The van der Waals surface area contributed by atoms with Crippen LogP contribution in [0, 0.1) is 0 Å². The predicted octanol–water partition coefficient (Wildman–Crippen LogP) is 3.22. The molecule has 0 aliphatic heterocycles. The molecule has 84 valence electrons. The second kappa shape index (κ2) is 5.52. The molecule has 1 rings (SSSR count). The number of hydrogen-bond acceptors (Lipinski definition) is 2. The Kier molecular flexibility index (Phi) is 4.61. The van der Waals surface area contributed by atoms with Gasteiger partial charge in [0.25, 0.3) is 0 Å². The van der Waals surface area contributed by atoms with Crippen LogP contribution in [0.15, 0.2) is 23.1 Å². The summed E-state index contributed by atoms with van der Waals surface area (Å²) in [7, 11) is -1.11. The van der Waals surface area contributed by atoms with Crippen LogP contribution in [0.1, 0.15) is 26.7 Å². The number of halogens is 1. The first-order valence-electron chi connectivity index (χ1n) is 5.02. The standard InChI is InChI=1S/C11H16ClNOS/c1-3-5-8(2)15(14)11-9(12)6-4-7-10(11)13/h4,6-8H,3,5,13H2,1-2H3. The molecular formula is C11H16ClNOS. The molecule has 0 saturated heterocycles. The number of hydrogen-bond donors (Lipinski definition) is 1. The highest BCUT2D eigenvalue weighted by Gasteiger charge is 2.17. The third-order valence-electron chi connectivity index (χ3n) is 2.26. The summed E-state index contributed by atoms with van der Waals surface area (Å²) in [5.41, 5.74) is 6.30. The first kappa shape index (κ1) is 12.5. The molecule has 2 N–H and O–H groups in total. The normalized spacial score (nSPS) is 14.9. The Balaban J connectivity index is 3.00. The van der Waals surface area contributed by atoms with Gasteiger partial charge in [0.05, 0.1) is 20.7 Å². The number of nitrogen functional groups attached to an aromatic ring is 1. The Hall–Kier alpha value is -0.540. The third kappa shape index (κ3) is 2.95. The first-order valence-corrected chi connectivity index (χ1v) is 6.61. The highest BCUT2D eigenvalue weighted by atomic mass is 35.5. The molecule has 0 aromatic heterocycles. The molecule has 0 radical (unpaired) electrons. The zero-order chi connectivity index (χ0) is 11.4. The molecule has 0 heterocycles. The van der Waals surface area contributed by atoms with E-state index in [4.69, 9.17) is 17.3 Å². The van der Waals surface area contributed by atoms with Gasteiger partial charge in [0, 0.05) is 10.9 Å². The van der Waals surface area contributed by atoms with Gasteiger partial charge in [-0.2, -0.15) is 0 Å². The van der Waals surface area contributed by atoms with E-state index < -0.39 is 10.8 Å². The van der Waals surface area contributed by atoms with Gasteiger partial charge in [-0.15, -0.1) is 0 Å². The summed E-state index contributed by atoms with van der Waals surface area (Å²) in [6, 6.07) is 5.23. The van der Waals surface area contributed by atoms with Gasteiger partial charge in [-0.3, -0.25) is 4.21 Å². The van der Waals surface area contributed by atoms with Gasteiger partial charge in [0.1, 0.15) is 0 Å². The molecule has 0 saturated carbocycles. The molecule has 2 unspecified atom stereocenters. The van der Waals surface area contributed by atoms with Crippen molar-refractivity contribution in [2.75, 3.05) is 5.73 Å². The van der Waals surface area contributed by atoms with E-state index >= 15 is 0 Å². The largest absolute Gasteiger partial charge is 0.398 e. The maximum atomic E-state index is 12.1. The molecule has 0 bridgehead atoms. The Morgan fingerprint density at radius 3 is 2.73 bits per heavy atom. The lowest BCUT2D eigenvalue weighted by Gasteiger charge is -2.13. The highest BCUT2D eigenvalue weighted by molar-refractivity contribution is 7.86. The van der Waals surface area contributed by atoms with E-state index in [-0.39, 0.29) is 5.25 Å². The summed E-state index contributed by atoms with van der Waals surface area (Å²) >= 11 is 6.00. The van der Waals surface area contributed by atoms with Crippen LogP contribution >= 0.6 is 11.6 Å². The van der Waals surface area contributed by atoms with Crippen LogP contribution in [0.4, 0.5) is 5.69 Å². The summed E-state index contributed by atoms with van der Waals surface area (Å²) in [5.74, 6) is 0. The molecule has 2 atom stereocenters. The van der Waals surface area contributed by atoms with Gasteiger partial charge in [0.15, 0.2) is 0 Å². The number of rotatable bonds is 4. The van der Waals surface area contributed by atoms with Gasteiger partial charge in [0.2, 0.25) is 0 Å². The van der Waals surface area contributed by atoms with Crippen LogP contribution in [-0.4, -0.2) is 9.46 Å². The van der Waals surface area contributed by atoms with Crippen molar-refractivity contribution in [2.24, 2.45) is 0 Å². The van der Waals surface area contributed by atoms with Crippen molar-refractivity contribution >= 4 is 28.1 Å². The topological polar surface area (TPSA) is 43.1 Å². The van der Waals surface area contributed by atoms with E-state index in [0.29, 0.717) is 15.6 Å². The summed E-state index contributed by atoms with van der Waals surface area (Å²) in [6.45, 7) is 4.03. The van der Waals surface area contributed by atoms with E-state index in [1.165, 1.54) is 0 Å². The van der Waals surface area contributed by atoms with E-state index in [2.05, 4.69) is 6.92 Å². The quantitative estimate of drug-likeness (QED) is 0.828. The summed E-state index contributed by atoms with van der Waals surface area (Å²) in [5, 5.41) is 0.591. The smallest absolute Gasteiger partial charge is 0.0806 e. The average molecular weight is 246 g/mol. The Bertz CT molecular complexity index is 347. The molecule has 2 nitrogen and oxygen atoms in total. The van der Waals surface area contributed by atoms with Crippen LogP contribution in [0.5, 0.6) is 0 Å². The minimum atomic E-state index is -1.11. The highest BCUT2D eigenvalue weighted by Crippen LogP contribution is 2.28. The van der Waals surface area contributed by atoms with E-state index in [0.717, 1.165) is 12.8 Å². The van der Waals surface area contributed by atoms with E-state index in [1.807, 2.05) is 6.92 Å². The van der Waals surface area contributed by atoms with Crippen molar-refractivity contribution in [3.63, 3.8) is 0 Å². The van der Waals surface area contributed by atoms with E-state index in [1.54, 1.807) is 18.2 Å². The summed E-state index contributed by atoms with van der Waals surface area (Å²) in [4.78, 5) is 0.583. The number of nitrogens with two attached hydrogens (primary N) is 1. The Morgan fingerprint density at radius 2 is 2.20 bits per heavy atom. The van der Waals surface area contributed by atoms with Crippen molar-refractivity contribution < 1.29 is 4.21 Å². The number of benzene rings is 1. The molecule has 0 amide bonds. The van der Waals surface area contributed by atoms with Gasteiger partial charge < -0.3 is 5.73 Å². The van der Waals surface area contributed by atoms with Crippen LogP contribution in [-0.2, 0) is 10.8 Å². The van der Waals surface area contributed by atoms with Crippen molar-refractivity contribution in [1.29, 1.82) is 0 Å². The fourth-order valence-corrected chi connectivity index (χ4v) is 3.28. The molecule has 0 spiro atoms. The molecule has 0 fully saturated rings. The zero-order valence-electron chi connectivity index (χ0n) is 9.00. The predicted molar refractivity (Wildman–Crippen MR) is 66.6 cm³/mol. The third-order valence-corrected chi connectivity index (χ3v) is 4.51. The Morgan fingerprint density at radius 1 is 1.53 bits per heavy atom. The van der Waals surface area contributed by atoms with Gasteiger partial charge in [-0.1, -0.05) is 37.9 Å². The van der Waals surface area contributed by atoms with Crippen LogP contribution in [0.3, 0.4) is 0 Å². The van der Waals surface area contributed by atoms with Crippen LogP contribution < -0.4 is 5.73 Å². The monoisotopic (exact) mass is 245 g/mol. The Labute approximate surface area is 98.3 Å². The maximum Gasteiger partial charge on any atom is 0.0806 e. The number of anilines is 1. The van der Waals surface area contributed by atoms with Gasteiger partial charge >= 0.3 is 0 Å². The van der Waals surface area contributed by atoms with Gasteiger partial charge in [-0.25, -0.2) is 0 Å². The minimum absolute atomic E-state index is 0.0946. The zero-order valence-corrected chi connectivity index (χ0v) is 10.6. The molecular weight excluding hydrogens is 230 g/mol. The lowest BCUT2D eigenvalue weighted by atomic mass is 10.3. The maximum absolute atomic E-state index is 12.1. The second-order valence-electron chi connectivity index (χ2n) is 3.55. The van der Waals surface area contributed by atoms with E-state index in [9.17, 15) is 4.21 Å². The average Bonchev–Trinajstić information content (AvgIpc) is 2.17. The molecule has 1 aromatic carbocycles. The fourth-order valence-electron chi connectivity index (χ4n) is 1.45. The lowest BCUT2D eigenvalue weighted by molar-refractivity contribution is 0.662. The van der Waals surface area contributed by atoms with Crippen LogP contribution in [0.2, 0.25) is 5.02 Å². The summed E-state index contributed by atoms with van der Waals surface area (Å²) in [6.07, 6.45) is 1.93. The molecule has 4 heteroatoms. The van der Waals surface area contributed by atoms with Crippen LogP contribution in [0.25, 0.3) is 0 Å². The summed E-state index contributed by atoms with van der Waals surface area (Å²) < 4.78 is 12.1.